The molecule has 2 aliphatic heterocycles. The summed E-state index contributed by atoms with van der Waals surface area (Å²) in [5, 5.41) is 10.1. The van der Waals surface area contributed by atoms with Gasteiger partial charge in [0.15, 0.2) is 6.29 Å². The Morgan fingerprint density at radius 3 is 2.56 bits per heavy atom. The number of rotatable bonds is 9. The highest BCUT2D eigenvalue weighted by molar-refractivity contribution is 14.1. The zero-order chi connectivity index (χ0) is 18.4. The van der Waals surface area contributed by atoms with Crippen LogP contribution in [0.1, 0.15) is 58.8 Å². The molecule has 0 aliphatic carbocycles. The number of aliphatic hydroxyl groups excluding tert-OH is 1. The summed E-state index contributed by atoms with van der Waals surface area (Å²) in [6.07, 6.45) is 5.83. The average Bonchev–Trinajstić information content (AvgIpc) is 2.90. The normalized spacial score (nSPS) is 28.2. The monoisotopic (exact) mass is 464 g/mol. The van der Waals surface area contributed by atoms with Gasteiger partial charge in [-0.25, -0.2) is 0 Å². The van der Waals surface area contributed by atoms with E-state index in [0.29, 0.717) is 0 Å². The Balaban J connectivity index is 1.63. The van der Waals surface area contributed by atoms with Crippen LogP contribution in [0.25, 0.3) is 0 Å². The number of aliphatic hydroxyl groups is 1. The molecule has 0 aromatic rings. The van der Waals surface area contributed by atoms with E-state index in [1.54, 1.807) is 0 Å². The van der Waals surface area contributed by atoms with Crippen molar-refractivity contribution in [2.45, 2.75) is 83.4 Å². The number of allylic oxidation sites excluding steroid dienone is 1. The van der Waals surface area contributed by atoms with Gasteiger partial charge in [-0.2, -0.15) is 0 Å². The Morgan fingerprint density at radius 2 is 1.92 bits per heavy atom. The van der Waals surface area contributed by atoms with Crippen LogP contribution in [0.5, 0.6) is 0 Å². The van der Waals surface area contributed by atoms with Crippen molar-refractivity contribution in [1.82, 2.24) is 0 Å². The molecule has 1 N–H and O–H groups in total. The third-order valence-corrected chi connectivity index (χ3v) is 5.40. The highest BCUT2D eigenvalue weighted by Crippen LogP contribution is 2.32. The van der Waals surface area contributed by atoms with Crippen molar-refractivity contribution in [3.63, 3.8) is 0 Å². The van der Waals surface area contributed by atoms with Crippen molar-refractivity contribution in [3.8, 4) is 0 Å². The second-order valence-corrected chi connectivity index (χ2v) is 9.71. The van der Waals surface area contributed by atoms with Crippen molar-refractivity contribution in [2.75, 3.05) is 13.2 Å². The summed E-state index contributed by atoms with van der Waals surface area (Å²) >= 11 is 2.21. The van der Waals surface area contributed by atoms with Crippen LogP contribution in [0.4, 0.5) is 0 Å². The molecule has 4 nitrogen and oxygen atoms in total. The molecule has 2 rings (SSSR count). The molecule has 0 amide bonds. The molecular formula is C20H33IO4. The molecule has 144 valence electrons. The lowest BCUT2D eigenvalue weighted by Crippen LogP contribution is -2.38. The summed E-state index contributed by atoms with van der Waals surface area (Å²) in [6, 6.07) is 0. The van der Waals surface area contributed by atoms with E-state index in [0.717, 1.165) is 67.3 Å². The van der Waals surface area contributed by atoms with Crippen molar-refractivity contribution < 1.29 is 19.3 Å². The second-order valence-electron chi connectivity index (χ2n) is 8.19. The molecule has 0 unspecified atom stereocenters. The van der Waals surface area contributed by atoms with Gasteiger partial charge in [0.25, 0.3) is 0 Å². The maximum Gasteiger partial charge on any atom is 0.157 e. The Morgan fingerprint density at radius 1 is 1.24 bits per heavy atom. The van der Waals surface area contributed by atoms with Crippen molar-refractivity contribution >= 4 is 22.6 Å². The lowest BCUT2D eigenvalue weighted by atomic mass is 9.95. The van der Waals surface area contributed by atoms with E-state index in [2.05, 4.69) is 49.6 Å². The third kappa shape index (κ3) is 7.67. The Hall–Kier alpha value is 0.0500. The van der Waals surface area contributed by atoms with E-state index >= 15 is 0 Å². The zero-order valence-corrected chi connectivity index (χ0v) is 17.8. The van der Waals surface area contributed by atoms with Crippen molar-refractivity contribution in [2.24, 2.45) is 5.41 Å². The summed E-state index contributed by atoms with van der Waals surface area (Å²) in [5.41, 5.74) is 1.27. The molecule has 25 heavy (non-hydrogen) atoms. The van der Waals surface area contributed by atoms with Gasteiger partial charge in [0.05, 0.1) is 31.5 Å². The lowest BCUT2D eigenvalue weighted by molar-refractivity contribution is -0.225. The number of ether oxygens (including phenoxy) is 3. The van der Waals surface area contributed by atoms with E-state index in [4.69, 9.17) is 14.2 Å². The van der Waals surface area contributed by atoms with Crippen LogP contribution in [0, 0.1) is 5.41 Å². The van der Waals surface area contributed by atoms with E-state index in [-0.39, 0.29) is 30.0 Å². The molecule has 3 atom stereocenters. The van der Waals surface area contributed by atoms with Crippen molar-refractivity contribution in [3.05, 3.63) is 22.3 Å². The van der Waals surface area contributed by atoms with E-state index in [1.165, 1.54) is 0 Å². The first-order valence-corrected chi connectivity index (χ1v) is 10.4. The molecule has 0 aromatic heterocycles. The predicted octanol–water partition coefficient (Wildman–Crippen LogP) is 4.75. The fraction of sp³-hybridized carbons (Fsp3) is 0.800. The molecule has 2 aliphatic rings. The quantitative estimate of drug-likeness (QED) is 0.395. The van der Waals surface area contributed by atoms with Gasteiger partial charge in [-0.3, -0.25) is 0 Å². The Bertz CT molecular complexity index is 453. The summed E-state index contributed by atoms with van der Waals surface area (Å²) in [7, 11) is 0. The third-order valence-electron chi connectivity index (χ3n) is 4.86. The van der Waals surface area contributed by atoms with Crippen LogP contribution in [-0.4, -0.2) is 42.9 Å². The molecule has 2 heterocycles. The number of hydrogen-bond donors (Lipinski definition) is 1. The largest absolute Gasteiger partial charge is 0.393 e. The fourth-order valence-electron chi connectivity index (χ4n) is 3.27. The minimum Gasteiger partial charge on any atom is -0.393 e. The van der Waals surface area contributed by atoms with Gasteiger partial charge in [0.1, 0.15) is 0 Å². The van der Waals surface area contributed by atoms with Gasteiger partial charge in [-0.1, -0.05) is 27.0 Å². The molecule has 0 saturated carbocycles. The summed E-state index contributed by atoms with van der Waals surface area (Å²) < 4.78 is 18.8. The second kappa shape index (κ2) is 9.83. The van der Waals surface area contributed by atoms with Gasteiger partial charge in [-0.15, -0.1) is 0 Å². The highest BCUT2D eigenvalue weighted by Gasteiger charge is 2.32. The van der Waals surface area contributed by atoms with Gasteiger partial charge in [0, 0.05) is 11.8 Å². The number of halogens is 1. The maximum atomic E-state index is 10.1. The molecule has 0 aromatic carbocycles. The minimum atomic E-state index is -0.283. The van der Waals surface area contributed by atoms with Crippen LogP contribution in [0.3, 0.4) is 0 Å². The molecule has 0 spiro atoms. The van der Waals surface area contributed by atoms with Crippen LogP contribution < -0.4 is 0 Å². The Kier molecular flexibility index (Phi) is 8.40. The highest BCUT2D eigenvalue weighted by atomic mass is 127. The van der Waals surface area contributed by atoms with Gasteiger partial charge in [-0.05, 0) is 70.3 Å². The first-order valence-electron chi connectivity index (χ1n) is 9.33. The van der Waals surface area contributed by atoms with Gasteiger partial charge < -0.3 is 19.3 Å². The molecule has 0 radical (unpaired) electrons. The smallest absolute Gasteiger partial charge is 0.157 e. The van der Waals surface area contributed by atoms with Crippen LogP contribution in [0.2, 0.25) is 0 Å². The fourth-order valence-corrected chi connectivity index (χ4v) is 3.58. The predicted molar refractivity (Wildman–Crippen MR) is 109 cm³/mol. The molecule has 0 bridgehead atoms. The Labute approximate surface area is 166 Å². The van der Waals surface area contributed by atoms with Crippen LogP contribution in [0.15, 0.2) is 22.3 Å². The lowest BCUT2D eigenvalue weighted by Gasteiger charge is -2.34. The molecule has 5 heteroatoms. The zero-order valence-electron chi connectivity index (χ0n) is 15.6. The summed E-state index contributed by atoms with van der Waals surface area (Å²) in [6.45, 7) is 13.8. The van der Waals surface area contributed by atoms with Gasteiger partial charge >= 0.3 is 0 Å². The molecular weight excluding hydrogens is 431 g/mol. The first kappa shape index (κ1) is 21.4. The van der Waals surface area contributed by atoms with E-state index in [1.807, 2.05) is 0 Å². The number of hydrogen-bond acceptors (Lipinski definition) is 4. The summed E-state index contributed by atoms with van der Waals surface area (Å²) in [4.78, 5) is 0. The van der Waals surface area contributed by atoms with Crippen molar-refractivity contribution in [1.29, 1.82) is 0 Å². The van der Waals surface area contributed by atoms with Crippen LogP contribution in [-0.2, 0) is 14.2 Å². The van der Waals surface area contributed by atoms with Gasteiger partial charge in [0.2, 0.25) is 0 Å². The first-order chi connectivity index (χ1) is 11.7. The van der Waals surface area contributed by atoms with E-state index < -0.39 is 0 Å². The average molecular weight is 464 g/mol. The maximum absolute atomic E-state index is 10.1. The topological polar surface area (TPSA) is 47.9 Å². The minimum absolute atomic E-state index is 0.0783. The molecule has 2 fully saturated rings. The molecule has 2 saturated heterocycles. The SMILES string of the molecule is C=C(I)CC[C@H](O)CC[C@@H]1O[C@@H](CCC2OCC(C)(C)CO2)CC1=C. The van der Waals surface area contributed by atoms with Crippen LogP contribution >= 0.6 is 22.6 Å². The summed E-state index contributed by atoms with van der Waals surface area (Å²) in [5.74, 6) is 0. The van der Waals surface area contributed by atoms with E-state index in [9.17, 15) is 5.11 Å². The standard InChI is InChI=1S/C20H33IO4/c1-14-11-17(8-10-19-23-12-20(3,4)13-24-19)25-18(14)9-7-16(22)6-5-15(2)21/h16-19,22H,1-2,5-13H2,3-4H3/t16-,17-,18-/m0/s1.